The number of nitrogens with one attached hydrogen (secondary N) is 1. The molecular formula is C13H21N3O5. The third-order valence-corrected chi connectivity index (χ3v) is 3.04. The number of aliphatic hydroxyl groups is 2. The van der Waals surface area contributed by atoms with Crippen molar-refractivity contribution in [2.24, 2.45) is 5.73 Å². The second-order valence-electron chi connectivity index (χ2n) is 4.37. The van der Waals surface area contributed by atoms with Crippen molar-refractivity contribution in [3.63, 3.8) is 0 Å². The van der Waals surface area contributed by atoms with E-state index >= 15 is 0 Å². The molecule has 1 aliphatic heterocycles. The fourth-order valence-electron chi connectivity index (χ4n) is 2.06. The Morgan fingerprint density at radius 1 is 1.52 bits per heavy atom. The number of hydrogen-bond acceptors (Lipinski definition) is 6. The van der Waals surface area contributed by atoms with Crippen LogP contribution < -0.4 is 17.0 Å². The van der Waals surface area contributed by atoms with E-state index in [0.29, 0.717) is 5.56 Å². The standard InChI is InChI=1S/C12H16N2O5.CH5N/c1-2-3-7-5-14(12(18)13-11(7)17)10-4-8(16)9(6-15)19-10;1-2/h2-3,5,8-10,15-16H,4,6H2,1H3,(H,13,17,18);2H2,1H3/b3-2+;. The van der Waals surface area contributed by atoms with Gasteiger partial charge in [0.1, 0.15) is 12.3 Å². The molecule has 3 atom stereocenters. The minimum atomic E-state index is -0.834. The summed E-state index contributed by atoms with van der Waals surface area (Å²) >= 11 is 0. The lowest BCUT2D eigenvalue weighted by molar-refractivity contribution is -0.0459. The average molecular weight is 299 g/mol. The SMILES string of the molecule is C/C=C/c1cn(C2CC(O)C(CO)O2)c(=O)[nH]c1=O.CN. The molecule has 1 saturated heterocycles. The molecule has 8 heteroatoms. The van der Waals surface area contributed by atoms with Gasteiger partial charge in [-0.1, -0.05) is 12.2 Å². The highest BCUT2D eigenvalue weighted by Crippen LogP contribution is 2.27. The summed E-state index contributed by atoms with van der Waals surface area (Å²) in [6.45, 7) is 1.43. The summed E-state index contributed by atoms with van der Waals surface area (Å²) in [6, 6.07) is 0. The molecule has 1 fully saturated rings. The Morgan fingerprint density at radius 3 is 2.71 bits per heavy atom. The molecule has 0 bridgehead atoms. The number of aromatic nitrogens is 2. The van der Waals surface area contributed by atoms with E-state index in [1.807, 2.05) is 0 Å². The summed E-state index contributed by atoms with van der Waals surface area (Å²) in [4.78, 5) is 25.5. The monoisotopic (exact) mass is 299 g/mol. The van der Waals surface area contributed by atoms with Crippen LogP contribution in [0.5, 0.6) is 0 Å². The van der Waals surface area contributed by atoms with Crippen molar-refractivity contribution in [2.75, 3.05) is 13.7 Å². The molecule has 5 N–H and O–H groups in total. The summed E-state index contributed by atoms with van der Waals surface area (Å²) in [5, 5.41) is 18.7. The summed E-state index contributed by atoms with van der Waals surface area (Å²) in [7, 11) is 1.50. The molecule has 118 valence electrons. The van der Waals surface area contributed by atoms with Gasteiger partial charge in [0.25, 0.3) is 5.56 Å². The van der Waals surface area contributed by atoms with Gasteiger partial charge in [-0.05, 0) is 14.0 Å². The van der Waals surface area contributed by atoms with Crippen LogP contribution in [-0.2, 0) is 4.74 Å². The molecule has 0 radical (unpaired) electrons. The molecule has 8 nitrogen and oxygen atoms in total. The first-order valence-corrected chi connectivity index (χ1v) is 6.57. The third-order valence-electron chi connectivity index (χ3n) is 3.04. The summed E-state index contributed by atoms with van der Waals surface area (Å²) in [5.41, 5.74) is 3.75. The number of hydrogen-bond donors (Lipinski definition) is 4. The maximum atomic E-state index is 11.7. The van der Waals surface area contributed by atoms with Crippen LogP contribution in [-0.4, -0.2) is 45.6 Å². The Morgan fingerprint density at radius 2 is 2.19 bits per heavy atom. The van der Waals surface area contributed by atoms with Gasteiger partial charge in [-0.25, -0.2) is 4.79 Å². The highest BCUT2D eigenvalue weighted by atomic mass is 16.5. The maximum Gasteiger partial charge on any atom is 0.330 e. The Kier molecular flexibility index (Phi) is 6.50. The van der Waals surface area contributed by atoms with Gasteiger partial charge in [0.05, 0.1) is 18.3 Å². The zero-order valence-corrected chi connectivity index (χ0v) is 12.0. The lowest BCUT2D eigenvalue weighted by Gasteiger charge is -2.14. The van der Waals surface area contributed by atoms with Crippen molar-refractivity contribution in [3.8, 4) is 0 Å². The zero-order valence-electron chi connectivity index (χ0n) is 12.0. The molecule has 0 aliphatic carbocycles. The highest BCUT2D eigenvalue weighted by molar-refractivity contribution is 5.45. The van der Waals surface area contributed by atoms with E-state index in [4.69, 9.17) is 9.84 Å². The fourth-order valence-corrected chi connectivity index (χ4v) is 2.06. The number of nitrogens with two attached hydrogens (primary N) is 1. The molecule has 0 aromatic carbocycles. The van der Waals surface area contributed by atoms with Gasteiger partial charge in [-0.15, -0.1) is 0 Å². The fraction of sp³-hybridized carbons (Fsp3) is 0.538. The summed E-state index contributed by atoms with van der Waals surface area (Å²) < 4.78 is 6.60. The Bertz CT molecular complexity index is 592. The van der Waals surface area contributed by atoms with Gasteiger partial charge < -0.3 is 20.7 Å². The van der Waals surface area contributed by atoms with Gasteiger partial charge in [0.2, 0.25) is 0 Å². The topological polar surface area (TPSA) is 131 Å². The van der Waals surface area contributed by atoms with Crippen LogP contribution in [0.4, 0.5) is 0 Å². The maximum absolute atomic E-state index is 11.7. The number of ether oxygens (including phenoxy) is 1. The molecule has 2 heterocycles. The van der Waals surface area contributed by atoms with Crippen molar-refractivity contribution in [3.05, 3.63) is 38.7 Å². The van der Waals surface area contributed by atoms with Gasteiger partial charge in [-0.3, -0.25) is 14.3 Å². The average Bonchev–Trinajstić information content (AvgIpc) is 2.85. The molecule has 0 spiro atoms. The molecule has 1 aromatic rings. The summed E-state index contributed by atoms with van der Waals surface area (Å²) in [5.74, 6) is 0. The number of rotatable bonds is 3. The minimum Gasteiger partial charge on any atom is -0.394 e. The lowest BCUT2D eigenvalue weighted by atomic mass is 10.2. The van der Waals surface area contributed by atoms with Crippen LogP contribution in [0.3, 0.4) is 0 Å². The van der Waals surface area contributed by atoms with Crippen molar-refractivity contribution < 1.29 is 14.9 Å². The number of aliphatic hydroxyl groups excluding tert-OH is 2. The van der Waals surface area contributed by atoms with E-state index in [9.17, 15) is 14.7 Å². The normalized spacial score (nSPS) is 24.9. The first-order chi connectivity index (χ1) is 10.1. The molecule has 21 heavy (non-hydrogen) atoms. The van der Waals surface area contributed by atoms with Crippen molar-refractivity contribution >= 4 is 6.08 Å². The predicted octanol–water partition coefficient (Wildman–Crippen LogP) is -1.21. The second kappa shape index (κ2) is 7.89. The van der Waals surface area contributed by atoms with Crippen LogP contribution in [0.1, 0.15) is 25.1 Å². The smallest absolute Gasteiger partial charge is 0.330 e. The van der Waals surface area contributed by atoms with Crippen LogP contribution in [0.2, 0.25) is 0 Å². The molecule has 0 saturated carbocycles. The van der Waals surface area contributed by atoms with Gasteiger partial charge in [-0.2, -0.15) is 0 Å². The molecule has 1 aliphatic rings. The Labute approximate surface area is 121 Å². The van der Waals surface area contributed by atoms with Crippen LogP contribution in [0, 0.1) is 0 Å². The molecule has 2 rings (SSSR count). The van der Waals surface area contributed by atoms with Gasteiger partial charge in [0, 0.05) is 12.6 Å². The van der Waals surface area contributed by atoms with Crippen molar-refractivity contribution in [1.82, 2.24) is 9.55 Å². The van der Waals surface area contributed by atoms with Gasteiger partial charge >= 0.3 is 5.69 Å². The van der Waals surface area contributed by atoms with E-state index in [2.05, 4.69) is 10.7 Å². The van der Waals surface area contributed by atoms with Crippen LogP contribution in [0.25, 0.3) is 6.08 Å². The van der Waals surface area contributed by atoms with Crippen LogP contribution >= 0.6 is 0 Å². The van der Waals surface area contributed by atoms with Crippen LogP contribution in [0.15, 0.2) is 21.9 Å². The van der Waals surface area contributed by atoms with E-state index in [-0.39, 0.29) is 13.0 Å². The third kappa shape index (κ3) is 3.88. The van der Waals surface area contributed by atoms with Crippen molar-refractivity contribution in [2.45, 2.75) is 31.8 Å². The van der Waals surface area contributed by atoms with Crippen molar-refractivity contribution in [1.29, 1.82) is 0 Å². The number of H-pyrrole nitrogens is 1. The Hall–Kier alpha value is -1.74. The first-order valence-electron chi connectivity index (χ1n) is 6.57. The minimum absolute atomic E-state index is 0.187. The highest BCUT2D eigenvalue weighted by Gasteiger charge is 2.35. The predicted molar refractivity (Wildman–Crippen MR) is 77.8 cm³/mol. The first kappa shape index (κ1) is 17.3. The van der Waals surface area contributed by atoms with Gasteiger partial charge in [0.15, 0.2) is 0 Å². The number of aromatic amines is 1. The number of allylic oxidation sites excluding steroid dienone is 1. The summed E-state index contributed by atoms with van der Waals surface area (Å²) in [6.07, 6.45) is 2.59. The van der Waals surface area contributed by atoms with E-state index in [0.717, 1.165) is 0 Å². The molecule has 3 unspecified atom stereocenters. The van der Waals surface area contributed by atoms with E-state index < -0.39 is 29.7 Å². The quantitative estimate of drug-likeness (QED) is 0.554. The molecule has 0 amide bonds. The van der Waals surface area contributed by atoms with E-state index in [1.54, 1.807) is 19.1 Å². The lowest BCUT2D eigenvalue weighted by Crippen LogP contribution is -2.33. The Balaban J connectivity index is 0.00000106. The molecule has 1 aromatic heterocycles. The zero-order chi connectivity index (χ0) is 16.0. The molecular weight excluding hydrogens is 278 g/mol. The largest absolute Gasteiger partial charge is 0.394 e. The number of nitrogens with zero attached hydrogens (tertiary/aromatic N) is 1. The second-order valence-corrected chi connectivity index (χ2v) is 4.37. The van der Waals surface area contributed by atoms with E-state index in [1.165, 1.54) is 17.8 Å².